The highest BCUT2D eigenvalue weighted by atomic mass is 16.6. The predicted molar refractivity (Wildman–Crippen MR) is 61.5 cm³/mol. The van der Waals surface area contributed by atoms with E-state index in [2.05, 4.69) is 5.32 Å². The van der Waals surface area contributed by atoms with E-state index in [4.69, 9.17) is 9.84 Å². The first-order valence-corrected chi connectivity index (χ1v) is 5.31. The molecule has 0 saturated heterocycles. The first kappa shape index (κ1) is 12.5. The number of hydrogen-bond acceptors (Lipinski definition) is 3. The fourth-order valence-electron chi connectivity index (χ4n) is 1.26. The summed E-state index contributed by atoms with van der Waals surface area (Å²) in [4.78, 5) is 11.4. The molecule has 0 saturated carbocycles. The van der Waals surface area contributed by atoms with Gasteiger partial charge in [0.05, 0.1) is 12.6 Å². The number of ether oxygens (including phenoxy) is 1. The van der Waals surface area contributed by atoms with Crippen LogP contribution < -0.4 is 10.1 Å². The third-order valence-electron chi connectivity index (χ3n) is 2.24. The third-order valence-corrected chi connectivity index (χ3v) is 2.24. The average Bonchev–Trinajstić information content (AvgIpc) is 2.26. The Morgan fingerprint density at radius 1 is 1.56 bits per heavy atom. The Balaban J connectivity index is 2.51. The molecule has 1 amide bonds. The maximum Gasteiger partial charge on any atom is 0.412 e. The zero-order chi connectivity index (χ0) is 12.0. The van der Waals surface area contributed by atoms with Crippen molar-refractivity contribution in [2.24, 2.45) is 0 Å². The summed E-state index contributed by atoms with van der Waals surface area (Å²) >= 11 is 0. The second kappa shape index (κ2) is 6.12. The van der Waals surface area contributed by atoms with E-state index in [1.165, 1.54) is 0 Å². The molecule has 1 unspecified atom stereocenters. The molecule has 4 heteroatoms. The molecule has 0 bridgehead atoms. The van der Waals surface area contributed by atoms with E-state index < -0.39 is 6.09 Å². The maximum atomic E-state index is 11.4. The normalized spacial score (nSPS) is 11.9. The molecule has 16 heavy (non-hydrogen) atoms. The standard InChI is InChI=1S/C12H17NO3/c1-3-10(8-14)13-12(15)16-11-6-4-5-9(2)7-11/h4-7,10,14H,3,8H2,1-2H3,(H,13,15). The van der Waals surface area contributed by atoms with Crippen molar-refractivity contribution in [3.05, 3.63) is 29.8 Å². The topological polar surface area (TPSA) is 58.6 Å². The lowest BCUT2D eigenvalue weighted by atomic mass is 10.2. The molecule has 0 aliphatic rings. The Morgan fingerprint density at radius 2 is 2.31 bits per heavy atom. The molecule has 0 aromatic heterocycles. The molecular weight excluding hydrogens is 206 g/mol. The molecule has 0 fully saturated rings. The van der Waals surface area contributed by atoms with Crippen molar-refractivity contribution in [2.45, 2.75) is 26.3 Å². The molecule has 1 aromatic carbocycles. The Kier molecular flexibility index (Phi) is 4.79. The summed E-state index contributed by atoms with van der Waals surface area (Å²) in [6.45, 7) is 3.72. The highest BCUT2D eigenvalue weighted by Crippen LogP contribution is 2.12. The number of aliphatic hydroxyl groups is 1. The van der Waals surface area contributed by atoms with Crippen LogP contribution in [0, 0.1) is 6.92 Å². The Labute approximate surface area is 95.2 Å². The Bertz CT molecular complexity index is 348. The summed E-state index contributed by atoms with van der Waals surface area (Å²) in [5.74, 6) is 0.505. The van der Waals surface area contributed by atoms with Crippen molar-refractivity contribution < 1.29 is 14.6 Å². The van der Waals surface area contributed by atoms with Gasteiger partial charge in [-0.25, -0.2) is 4.79 Å². The van der Waals surface area contributed by atoms with Crippen molar-refractivity contribution in [1.82, 2.24) is 5.32 Å². The fraction of sp³-hybridized carbons (Fsp3) is 0.417. The minimum Gasteiger partial charge on any atom is -0.410 e. The number of amides is 1. The lowest BCUT2D eigenvalue weighted by Gasteiger charge is -2.13. The summed E-state index contributed by atoms with van der Waals surface area (Å²) < 4.78 is 5.07. The van der Waals surface area contributed by atoms with Crippen LogP contribution in [-0.4, -0.2) is 23.8 Å². The Hall–Kier alpha value is -1.55. The monoisotopic (exact) mass is 223 g/mol. The molecule has 0 spiro atoms. The molecule has 1 atom stereocenters. The molecule has 0 aliphatic carbocycles. The molecule has 88 valence electrons. The van der Waals surface area contributed by atoms with Crippen LogP contribution in [0.2, 0.25) is 0 Å². The van der Waals surface area contributed by atoms with Gasteiger partial charge in [-0.15, -0.1) is 0 Å². The molecule has 0 radical (unpaired) electrons. The summed E-state index contributed by atoms with van der Waals surface area (Å²) in [5.41, 5.74) is 1.03. The predicted octanol–water partition coefficient (Wildman–Crippen LogP) is 1.85. The number of carbonyl (C=O) groups excluding carboxylic acids is 1. The molecular formula is C12H17NO3. The largest absolute Gasteiger partial charge is 0.412 e. The van der Waals surface area contributed by atoms with Crippen LogP contribution in [-0.2, 0) is 0 Å². The number of aryl methyl sites for hydroxylation is 1. The van der Waals surface area contributed by atoms with Crippen molar-refractivity contribution in [3.8, 4) is 5.75 Å². The molecule has 1 rings (SSSR count). The molecule has 2 N–H and O–H groups in total. The quantitative estimate of drug-likeness (QED) is 0.819. The highest BCUT2D eigenvalue weighted by Gasteiger charge is 2.10. The van der Waals surface area contributed by atoms with Gasteiger partial charge in [-0.3, -0.25) is 0 Å². The van der Waals surface area contributed by atoms with E-state index in [1.807, 2.05) is 26.0 Å². The van der Waals surface area contributed by atoms with Crippen LogP contribution in [0.4, 0.5) is 4.79 Å². The number of carbonyl (C=O) groups is 1. The van der Waals surface area contributed by atoms with Crippen molar-refractivity contribution in [3.63, 3.8) is 0 Å². The first-order chi connectivity index (χ1) is 7.65. The second-order valence-corrected chi connectivity index (χ2v) is 3.64. The smallest absolute Gasteiger partial charge is 0.410 e. The molecule has 0 aliphatic heterocycles. The van der Waals surface area contributed by atoms with Gasteiger partial charge in [-0.05, 0) is 31.0 Å². The SMILES string of the molecule is CCC(CO)NC(=O)Oc1cccc(C)c1. The van der Waals surface area contributed by atoms with Crippen LogP contribution in [0.1, 0.15) is 18.9 Å². The van der Waals surface area contributed by atoms with E-state index in [0.717, 1.165) is 5.56 Å². The van der Waals surface area contributed by atoms with Gasteiger partial charge in [-0.2, -0.15) is 0 Å². The number of aliphatic hydroxyl groups excluding tert-OH is 1. The van der Waals surface area contributed by atoms with Crippen LogP contribution in [0.25, 0.3) is 0 Å². The van der Waals surface area contributed by atoms with Crippen molar-refractivity contribution in [1.29, 1.82) is 0 Å². The zero-order valence-electron chi connectivity index (χ0n) is 9.56. The number of benzene rings is 1. The minimum absolute atomic E-state index is 0.0839. The van der Waals surface area contributed by atoms with E-state index in [0.29, 0.717) is 12.2 Å². The van der Waals surface area contributed by atoms with E-state index in [-0.39, 0.29) is 12.6 Å². The van der Waals surface area contributed by atoms with Crippen LogP contribution in [0.5, 0.6) is 5.75 Å². The number of rotatable bonds is 4. The first-order valence-electron chi connectivity index (χ1n) is 5.31. The lowest BCUT2D eigenvalue weighted by molar-refractivity contribution is 0.182. The number of hydrogen-bond donors (Lipinski definition) is 2. The average molecular weight is 223 g/mol. The van der Waals surface area contributed by atoms with Crippen molar-refractivity contribution >= 4 is 6.09 Å². The van der Waals surface area contributed by atoms with Crippen molar-refractivity contribution in [2.75, 3.05) is 6.61 Å². The second-order valence-electron chi connectivity index (χ2n) is 3.64. The summed E-state index contributed by atoms with van der Waals surface area (Å²) in [6, 6.07) is 6.98. The van der Waals surface area contributed by atoms with Gasteiger partial charge in [0.1, 0.15) is 5.75 Å². The maximum absolute atomic E-state index is 11.4. The van der Waals surface area contributed by atoms with Crippen LogP contribution >= 0.6 is 0 Å². The van der Waals surface area contributed by atoms with Gasteiger partial charge in [0.2, 0.25) is 0 Å². The fourth-order valence-corrected chi connectivity index (χ4v) is 1.26. The van der Waals surface area contributed by atoms with E-state index >= 15 is 0 Å². The van der Waals surface area contributed by atoms with Gasteiger partial charge in [0, 0.05) is 0 Å². The molecule has 4 nitrogen and oxygen atoms in total. The summed E-state index contributed by atoms with van der Waals surface area (Å²) in [5, 5.41) is 11.5. The minimum atomic E-state index is -0.536. The van der Waals surface area contributed by atoms with Gasteiger partial charge in [-0.1, -0.05) is 19.1 Å². The van der Waals surface area contributed by atoms with Gasteiger partial charge >= 0.3 is 6.09 Å². The van der Waals surface area contributed by atoms with Gasteiger partial charge in [0.25, 0.3) is 0 Å². The molecule has 0 heterocycles. The van der Waals surface area contributed by atoms with E-state index in [1.54, 1.807) is 12.1 Å². The number of nitrogens with one attached hydrogen (secondary N) is 1. The molecule has 1 aromatic rings. The van der Waals surface area contributed by atoms with E-state index in [9.17, 15) is 4.79 Å². The highest BCUT2D eigenvalue weighted by molar-refractivity contribution is 5.70. The van der Waals surface area contributed by atoms with Crippen LogP contribution in [0.3, 0.4) is 0 Å². The van der Waals surface area contributed by atoms with Gasteiger partial charge < -0.3 is 15.2 Å². The Morgan fingerprint density at radius 3 is 2.88 bits per heavy atom. The summed E-state index contributed by atoms with van der Waals surface area (Å²) in [7, 11) is 0. The summed E-state index contributed by atoms with van der Waals surface area (Å²) in [6.07, 6.45) is 0.130. The van der Waals surface area contributed by atoms with Gasteiger partial charge in [0.15, 0.2) is 0 Å². The van der Waals surface area contributed by atoms with Crippen LogP contribution in [0.15, 0.2) is 24.3 Å². The lowest BCUT2D eigenvalue weighted by Crippen LogP contribution is -2.38. The third kappa shape index (κ3) is 3.90. The zero-order valence-corrected chi connectivity index (χ0v) is 9.56.